The van der Waals surface area contributed by atoms with Crippen molar-refractivity contribution in [3.05, 3.63) is 89.0 Å². The summed E-state index contributed by atoms with van der Waals surface area (Å²) in [4.78, 5) is 27.6. The van der Waals surface area contributed by atoms with E-state index in [1.54, 1.807) is 28.9 Å². The van der Waals surface area contributed by atoms with Crippen molar-refractivity contribution in [1.29, 1.82) is 0 Å². The van der Waals surface area contributed by atoms with Crippen molar-refractivity contribution in [2.24, 2.45) is 5.92 Å². The Morgan fingerprint density at radius 1 is 1.00 bits per heavy atom. The summed E-state index contributed by atoms with van der Waals surface area (Å²) >= 11 is 6.51. The third-order valence-corrected chi connectivity index (χ3v) is 5.29. The molecule has 0 spiro atoms. The molecule has 2 aromatic rings. The number of allylic oxidation sites excluding steroid dienone is 3. The summed E-state index contributed by atoms with van der Waals surface area (Å²) in [7, 11) is 0. The molecule has 4 rings (SSSR count). The highest BCUT2D eigenvalue weighted by atomic mass is 35.5. The molecule has 1 aliphatic heterocycles. The lowest BCUT2D eigenvalue weighted by Crippen LogP contribution is -2.56. The smallest absolute Gasteiger partial charge is 0.245 e. The molecule has 2 aliphatic rings. The van der Waals surface area contributed by atoms with Crippen LogP contribution in [0.2, 0.25) is 5.02 Å². The number of carbonyl (C=O) groups excluding carboxylic acids is 2. The van der Waals surface area contributed by atoms with Crippen LogP contribution in [0.3, 0.4) is 0 Å². The van der Waals surface area contributed by atoms with Crippen LogP contribution in [-0.4, -0.2) is 28.3 Å². The number of benzene rings is 2. The molecule has 0 radical (unpaired) electrons. The standard InChI is InChI=1S/C25H20ClN2O2/c1-17(2)27-22-11-7-6-10-20(22)24(29)28(25(27)30)23-15-14-19(16-21(23)26)13-12-18-8-4-3-5-9-18/h3-11,14-17,20H,1-2H3/q+1. The summed E-state index contributed by atoms with van der Waals surface area (Å²) < 4.78 is 1.64. The Kier molecular flexibility index (Phi) is 5.39. The van der Waals surface area contributed by atoms with Crippen LogP contribution in [0.1, 0.15) is 25.0 Å². The number of amides is 3. The molecule has 30 heavy (non-hydrogen) atoms. The van der Waals surface area contributed by atoms with Gasteiger partial charge in [-0.3, -0.25) is 0 Å². The van der Waals surface area contributed by atoms with Crippen molar-refractivity contribution in [2.75, 3.05) is 4.90 Å². The highest BCUT2D eigenvalue weighted by molar-refractivity contribution is 6.36. The van der Waals surface area contributed by atoms with E-state index < -0.39 is 11.9 Å². The predicted molar refractivity (Wildman–Crippen MR) is 119 cm³/mol. The molecule has 1 heterocycles. The number of hydrogen-bond donors (Lipinski definition) is 0. The lowest BCUT2D eigenvalue weighted by Gasteiger charge is -2.28. The zero-order valence-electron chi connectivity index (χ0n) is 16.7. The van der Waals surface area contributed by atoms with Crippen molar-refractivity contribution in [3.63, 3.8) is 0 Å². The number of urea groups is 1. The van der Waals surface area contributed by atoms with E-state index in [1.807, 2.05) is 62.4 Å². The molecular formula is C25H20ClN2O2+. The molecule has 0 fully saturated rings. The fourth-order valence-corrected chi connectivity index (χ4v) is 3.86. The second kappa shape index (κ2) is 8.14. The first-order chi connectivity index (χ1) is 14.5. The van der Waals surface area contributed by atoms with Crippen LogP contribution < -0.4 is 4.90 Å². The van der Waals surface area contributed by atoms with Gasteiger partial charge in [0.15, 0.2) is 5.69 Å². The van der Waals surface area contributed by atoms with Crippen molar-refractivity contribution < 1.29 is 14.2 Å². The monoisotopic (exact) mass is 415 g/mol. The maximum atomic E-state index is 13.2. The van der Waals surface area contributed by atoms with Gasteiger partial charge < -0.3 is 0 Å². The van der Waals surface area contributed by atoms with Crippen LogP contribution >= 0.6 is 11.6 Å². The van der Waals surface area contributed by atoms with Crippen LogP contribution in [0, 0.1) is 17.8 Å². The first kappa shape index (κ1) is 19.9. The highest BCUT2D eigenvalue weighted by Crippen LogP contribution is 2.32. The largest absolute Gasteiger partial charge is 0.506 e. The third-order valence-electron chi connectivity index (χ3n) is 4.99. The molecule has 0 bridgehead atoms. The number of nitrogens with zero attached hydrogens (tertiary/aromatic N) is 2. The summed E-state index contributed by atoms with van der Waals surface area (Å²) in [6, 6.07) is 14.3. The van der Waals surface area contributed by atoms with Gasteiger partial charge in [-0.05, 0) is 50.3 Å². The summed E-state index contributed by atoms with van der Waals surface area (Å²) in [5.74, 6) is 5.33. The van der Waals surface area contributed by atoms with Crippen LogP contribution in [0.15, 0.2) is 72.8 Å². The van der Waals surface area contributed by atoms with E-state index in [0.29, 0.717) is 22.0 Å². The third kappa shape index (κ3) is 3.60. The van der Waals surface area contributed by atoms with Crippen molar-refractivity contribution in [3.8, 4) is 11.8 Å². The summed E-state index contributed by atoms with van der Waals surface area (Å²) in [5.41, 5.74) is 2.66. The normalized spacial score (nSPS) is 17.9. The Morgan fingerprint density at radius 2 is 1.73 bits per heavy atom. The Morgan fingerprint density at radius 3 is 2.43 bits per heavy atom. The number of carbonyl (C=O) groups is 2. The van der Waals surface area contributed by atoms with Gasteiger partial charge in [-0.15, -0.1) is 4.90 Å². The zero-order chi connectivity index (χ0) is 21.3. The number of halogens is 1. The number of rotatable bonds is 2. The quantitative estimate of drug-likeness (QED) is 0.521. The average Bonchev–Trinajstić information content (AvgIpc) is 2.74. The van der Waals surface area contributed by atoms with E-state index in [-0.39, 0.29) is 11.9 Å². The Balaban J connectivity index is 1.72. The molecule has 4 nitrogen and oxygen atoms in total. The van der Waals surface area contributed by atoms with E-state index in [1.165, 1.54) is 4.90 Å². The Hall–Kier alpha value is -3.42. The number of anilines is 1. The summed E-state index contributed by atoms with van der Waals surface area (Å²) in [6.07, 6.45) is 7.29. The van der Waals surface area contributed by atoms with Gasteiger partial charge in [-0.2, -0.15) is 9.37 Å². The molecule has 0 aromatic heterocycles. The first-order valence-corrected chi connectivity index (χ1v) is 10.1. The molecule has 0 N–H and O–H groups in total. The van der Waals surface area contributed by atoms with Gasteiger partial charge in [0, 0.05) is 11.1 Å². The van der Waals surface area contributed by atoms with E-state index in [0.717, 1.165) is 5.56 Å². The van der Waals surface area contributed by atoms with E-state index in [2.05, 4.69) is 11.8 Å². The minimum atomic E-state index is -0.510. The molecule has 1 atom stereocenters. The molecule has 1 unspecified atom stereocenters. The van der Waals surface area contributed by atoms with Gasteiger partial charge in [-0.1, -0.05) is 59.9 Å². The van der Waals surface area contributed by atoms with Crippen LogP contribution in [0.5, 0.6) is 0 Å². The second-order valence-corrected chi connectivity index (χ2v) is 7.76. The van der Waals surface area contributed by atoms with Crippen LogP contribution in [0.25, 0.3) is 0 Å². The lowest BCUT2D eigenvalue weighted by atomic mass is 9.93. The topological polar surface area (TPSA) is 40.4 Å². The van der Waals surface area contributed by atoms with Crippen molar-refractivity contribution in [2.45, 2.75) is 19.9 Å². The highest BCUT2D eigenvalue weighted by Gasteiger charge is 2.49. The Bertz CT molecular complexity index is 1180. The molecule has 148 valence electrons. The van der Waals surface area contributed by atoms with Gasteiger partial charge in [0.1, 0.15) is 11.6 Å². The molecule has 0 saturated carbocycles. The second-order valence-electron chi connectivity index (χ2n) is 7.35. The first-order valence-electron chi connectivity index (χ1n) is 9.73. The molecule has 3 amide bonds. The number of imide groups is 1. The molecule has 5 heteroatoms. The maximum absolute atomic E-state index is 13.2. The fourth-order valence-electron chi connectivity index (χ4n) is 3.59. The predicted octanol–water partition coefficient (Wildman–Crippen LogP) is 4.81. The van der Waals surface area contributed by atoms with Gasteiger partial charge in [0.25, 0.3) is 0 Å². The summed E-state index contributed by atoms with van der Waals surface area (Å²) in [5, 5.41) is 0.305. The molecule has 1 aliphatic carbocycles. The van der Waals surface area contributed by atoms with E-state index >= 15 is 0 Å². The zero-order valence-corrected chi connectivity index (χ0v) is 17.4. The molecular weight excluding hydrogens is 396 g/mol. The SMILES string of the molecule is CC(C)[N+]1=C2C=CC=CC2C(=O)N(c2ccc(C#Cc3ccccc3)cc2Cl)C1=O. The van der Waals surface area contributed by atoms with E-state index in [9.17, 15) is 9.59 Å². The van der Waals surface area contributed by atoms with Gasteiger partial charge in [0.2, 0.25) is 0 Å². The minimum absolute atomic E-state index is 0.100. The number of hydrogen-bond acceptors (Lipinski definition) is 2. The van der Waals surface area contributed by atoms with Crippen LogP contribution in [-0.2, 0) is 4.79 Å². The average molecular weight is 416 g/mol. The van der Waals surface area contributed by atoms with E-state index in [4.69, 9.17) is 11.6 Å². The minimum Gasteiger partial charge on any atom is -0.245 e. The molecule has 2 aromatic carbocycles. The fraction of sp³-hybridized carbons (Fsp3) is 0.160. The van der Waals surface area contributed by atoms with Gasteiger partial charge >= 0.3 is 11.9 Å². The number of fused-ring (bicyclic) bond motifs is 1. The van der Waals surface area contributed by atoms with Crippen molar-refractivity contribution >= 4 is 34.9 Å². The lowest BCUT2D eigenvalue weighted by molar-refractivity contribution is -0.463. The Labute approximate surface area is 180 Å². The summed E-state index contributed by atoms with van der Waals surface area (Å²) in [6.45, 7) is 3.85. The van der Waals surface area contributed by atoms with Crippen molar-refractivity contribution in [1.82, 2.24) is 0 Å². The van der Waals surface area contributed by atoms with Gasteiger partial charge in [0.05, 0.1) is 11.1 Å². The van der Waals surface area contributed by atoms with Crippen LogP contribution in [0.4, 0.5) is 10.5 Å². The maximum Gasteiger partial charge on any atom is 0.506 e. The molecule has 0 saturated heterocycles. The van der Waals surface area contributed by atoms with Gasteiger partial charge in [-0.25, -0.2) is 4.79 Å².